The number of nitrogen functional groups attached to an aromatic ring is 1. The van der Waals surface area contributed by atoms with Crippen molar-refractivity contribution in [3.63, 3.8) is 0 Å². The van der Waals surface area contributed by atoms with Crippen LogP contribution in [0.4, 0.5) is 11.5 Å². The molecule has 0 radical (unpaired) electrons. The highest BCUT2D eigenvalue weighted by Crippen LogP contribution is 2.34. The van der Waals surface area contributed by atoms with Gasteiger partial charge in [-0.1, -0.05) is 54.7 Å². The molecule has 1 aliphatic carbocycles. The van der Waals surface area contributed by atoms with Gasteiger partial charge < -0.3 is 16.2 Å². The van der Waals surface area contributed by atoms with Crippen molar-refractivity contribution >= 4 is 17.3 Å². The van der Waals surface area contributed by atoms with Crippen molar-refractivity contribution in [2.24, 2.45) is 10.9 Å². The maximum atomic E-state index is 9.31. The normalized spacial score (nSPS) is 23.9. The summed E-state index contributed by atoms with van der Waals surface area (Å²) in [7, 11) is 0. The monoisotopic (exact) mass is 524 g/mol. The molecule has 0 bridgehead atoms. The number of rotatable bonds is 9. The van der Waals surface area contributed by atoms with Crippen LogP contribution in [0, 0.1) is 5.92 Å². The molecule has 1 aromatic carbocycles. The minimum absolute atomic E-state index is 0.0679. The smallest absolute Gasteiger partial charge is 0.144 e. The van der Waals surface area contributed by atoms with Crippen LogP contribution < -0.4 is 16.0 Å². The zero-order valence-corrected chi connectivity index (χ0v) is 22.8. The maximum absolute atomic E-state index is 9.31. The number of hydrogen-bond donors (Lipinski definition) is 3. The van der Waals surface area contributed by atoms with Gasteiger partial charge in [0.1, 0.15) is 11.7 Å². The number of aliphatic hydroxyl groups is 1. The predicted molar refractivity (Wildman–Crippen MR) is 161 cm³/mol. The topological polar surface area (TPSA) is 90.0 Å². The Labute approximate surface area is 232 Å². The first kappa shape index (κ1) is 27.1. The molecule has 3 heterocycles. The number of piperazine rings is 1. The van der Waals surface area contributed by atoms with Gasteiger partial charge in [0.15, 0.2) is 0 Å². The number of benzene rings is 1. The minimum Gasteiger partial charge on any atom is -0.396 e. The van der Waals surface area contributed by atoms with Gasteiger partial charge >= 0.3 is 0 Å². The van der Waals surface area contributed by atoms with Crippen LogP contribution in [0.2, 0.25) is 0 Å². The highest BCUT2D eigenvalue weighted by molar-refractivity contribution is 6.16. The number of aromatic nitrogens is 1. The molecule has 1 saturated heterocycles. The molecule has 3 aliphatic rings. The van der Waals surface area contributed by atoms with Gasteiger partial charge in [0.25, 0.3) is 0 Å². The van der Waals surface area contributed by atoms with Gasteiger partial charge in [-0.15, -0.1) is 0 Å². The van der Waals surface area contributed by atoms with Crippen molar-refractivity contribution < 1.29 is 5.11 Å². The number of amidine groups is 1. The van der Waals surface area contributed by atoms with E-state index in [1.807, 2.05) is 12.1 Å². The Kier molecular flexibility index (Phi) is 8.71. The number of aliphatic imine (C=N–C) groups is 1. The number of nitrogens with one attached hydrogen (secondary N) is 1. The third kappa shape index (κ3) is 6.38. The number of nitrogens with two attached hydrogens (primary N) is 1. The third-order valence-corrected chi connectivity index (χ3v) is 7.89. The second kappa shape index (κ2) is 12.6. The summed E-state index contributed by atoms with van der Waals surface area (Å²) in [6.45, 7) is 10.7. The van der Waals surface area contributed by atoms with Crippen LogP contribution in [0.3, 0.4) is 0 Å². The molecule has 204 valence electrons. The third-order valence-electron chi connectivity index (χ3n) is 7.89. The highest BCUT2D eigenvalue weighted by atomic mass is 16.3. The Bertz CT molecular complexity index is 1280. The zero-order valence-electron chi connectivity index (χ0n) is 22.8. The standard InChI is InChI=1S/C32H40N6O/c1-23(26-7-4-3-5-8-26)10-15-30-24(2)38(32(36-30)29-9-6-17-35-31(29)33)28-13-11-25(12-14-28)21-37-19-18-34-27(22-37)16-20-39/h3-7,9-14,17,26-27,30,34,39H,2,8,15-16,18-22H2,1H3,(H2,33,35)/b23-10+. The number of allylic oxidation sites excluding steroid dienone is 5. The molecule has 7 heteroatoms. The molecule has 5 rings (SSSR count). The molecule has 1 aromatic heterocycles. The number of hydrogen-bond acceptors (Lipinski definition) is 7. The van der Waals surface area contributed by atoms with E-state index in [2.05, 4.69) is 88.2 Å². The SMILES string of the molecule is C=C1C(C/C=C(\C)C2C=CC=CC2)N=C(c2cccnc2N)N1c1ccc(CN2CCNC(CCO)C2)cc1. The lowest BCUT2D eigenvalue weighted by atomic mass is 9.92. The summed E-state index contributed by atoms with van der Waals surface area (Å²) in [5.74, 6) is 1.71. The van der Waals surface area contributed by atoms with Crippen molar-refractivity contribution in [1.82, 2.24) is 15.2 Å². The van der Waals surface area contributed by atoms with Gasteiger partial charge in [-0.25, -0.2) is 4.98 Å². The molecule has 0 spiro atoms. The van der Waals surface area contributed by atoms with Gasteiger partial charge in [-0.3, -0.25) is 14.8 Å². The molecular weight excluding hydrogens is 484 g/mol. The summed E-state index contributed by atoms with van der Waals surface area (Å²) >= 11 is 0. The van der Waals surface area contributed by atoms with Gasteiger partial charge in [0.2, 0.25) is 0 Å². The molecular formula is C32H40N6O. The molecule has 2 aromatic rings. The Morgan fingerprint density at radius 1 is 1.23 bits per heavy atom. The van der Waals surface area contributed by atoms with E-state index < -0.39 is 0 Å². The molecule has 2 aliphatic heterocycles. The minimum atomic E-state index is -0.0679. The van der Waals surface area contributed by atoms with E-state index in [-0.39, 0.29) is 12.6 Å². The summed E-state index contributed by atoms with van der Waals surface area (Å²) in [6, 6.07) is 12.8. The van der Waals surface area contributed by atoms with Crippen LogP contribution in [-0.4, -0.2) is 59.2 Å². The number of aliphatic hydroxyl groups excluding tert-OH is 1. The summed E-state index contributed by atoms with van der Waals surface area (Å²) in [5, 5.41) is 12.8. The Hall–Kier alpha value is -3.52. The molecule has 7 nitrogen and oxygen atoms in total. The number of pyridine rings is 1. The van der Waals surface area contributed by atoms with Crippen molar-refractivity contribution in [2.75, 3.05) is 36.9 Å². The van der Waals surface area contributed by atoms with E-state index in [1.54, 1.807) is 6.20 Å². The second-order valence-corrected chi connectivity index (χ2v) is 10.6. The fraction of sp³-hybridized carbons (Fsp3) is 0.375. The number of anilines is 2. The maximum Gasteiger partial charge on any atom is 0.144 e. The van der Waals surface area contributed by atoms with Crippen LogP contribution in [0.15, 0.2) is 95.8 Å². The van der Waals surface area contributed by atoms with Crippen molar-refractivity contribution in [3.05, 3.63) is 102 Å². The van der Waals surface area contributed by atoms with Crippen molar-refractivity contribution in [1.29, 1.82) is 0 Å². The Balaban J connectivity index is 1.35. The van der Waals surface area contributed by atoms with E-state index >= 15 is 0 Å². The first-order valence-corrected chi connectivity index (χ1v) is 14.0. The van der Waals surface area contributed by atoms with Crippen molar-refractivity contribution in [3.8, 4) is 0 Å². The first-order chi connectivity index (χ1) is 19.0. The summed E-state index contributed by atoms with van der Waals surface area (Å²) in [4.78, 5) is 14.0. The molecule has 39 heavy (non-hydrogen) atoms. The Morgan fingerprint density at radius 3 is 2.82 bits per heavy atom. The average molecular weight is 525 g/mol. The lowest BCUT2D eigenvalue weighted by Crippen LogP contribution is -2.50. The van der Waals surface area contributed by atoms with Crippen LogP contribution >= 0.6 is 0 Å². The zero-order chi connectivity index (χ0) is 27.2. The van der Waals surface area contributed by atoms with Crippen LogP contribution in [0.5, 0.6) is 0 Å². The van der Waals surface area contributed by atoms with Gasteiger partial charge in [0.05, 0.1) is 11.6 Å². The van der Waals surface area contributed by atoms with Crippen LogP contribution in [0.1, 0.15) is 37.3 Å². The molecule has 1 fully saturated rings. The molecule has 0 saturated carbocycles. The molecule has 3 unspecified atom stereocenters. The molecule has 3 atom stereocenters. The summed E-state index contributed by atoms with van der Waals surface area (Å²) < 4.78 is 0. The second-order valence-electron chi connectivity index (χ2n) is 10.6. The highest BCUT2D eigenvalue weighted by Gasteiger charge is 2.32. The Morgan fingerprint density at radius 2 is 2.08 bits per heavy atom. The lowest BCUT2D eigenvalue weighted by molar-refractivity contribution is 0.168. The summed E-state index contributed by atoms with van der Waals surface area (Å²) in [5.41, 5.74) is 11.7. The molecule has 4 N–H and O–H groups in total. The van der Waals surface area contributed by atoms with E-state index in [0.29, 0.717) is 17.8 Å². The number of nitrogens with zero attached hydrogens (tertiary/aromatic N) is 4. The van der Waals surface area contributed by atoms with Crippen LogP contribution in [0.25, 0.3) is 0 Å². The van der Waals surface area contributed by atoms with Crippen LogP contribution in [-0.2, 0) is 6.54 Å². The van der Waals surface area contributed by atoms with E-state index in [9.17, 15) is 5.11 Å². The van der Waals surface area contributed by atoms with Gasteiger partial charge in [-0.05, 0) is 56.0 Å². The van der Waals surface area contributed by atoms with E-state index in [4.69, 9.17) is 10.7 Å². The van der Waals surface area contributed by atoms with E-state index in [0.717, 1.165) is 68.2 Å². The van der Waals surface area contributed by atoms with Gasteiger partial charge in [0, 0.05) is 62.3 Å². The quantitative estimate of drug-likeness (QED) is 0.421. The average Bonchev–Trinajstić information content (AvgIpc) is 3.29. The van der Waals surface area contributed by atoms with Crippen molar-refractivity contribution in [2.45, 2.75) is 44.8 Å². The van der Waals surface area contributed by atoms with Gasteiger partial charge in [-0.2, -0.15) is 0 Å². The van der Waals surface area contributed by atoms with E-state index in [1.165, 1.54) is 11.1 Å². The first-order valence-electron chi connectivity index (χ1n) is 14.0. The fourth-order valence-corrected chi connectivity index (χ4v) is 5.60. The largest absolute Gasteiger partial charge is 0.396 e. The summed E-state index contributed by atoms with van der Waals surface area (Å²) in [6.07, 6.45) is 15.4. The lowest BCUT2D eigenvalue weighted by Gasteiger charge is -2.33. The molecule has 0 amide bonds. The fourth-order valence-electron chi connectivity index (χ4n) is 5.60. The predicted octanol–water partition coefficient (Wildman–Crippen LogP) is 4.44.